The minimum atomic E-state index is 0.614. The van der Waals surface area contributed by atoms with Crippen molar-refractivity contribution in [2.75, 3.05) is 0 Å². The minimum absolute atomic E-state index is 0.614. The second kappa shape index (κ2) is 10.9. The molecule has 0 unspecified atom stereocenters. The van der Waals surface area contributed by atoms with Gasteiger partial charge >= 0.3 is 0 Å². The molecule has 9 aromatic rings. The van der Waals surface area contributed by atoms with Crippen molar-refractivity contribution < 1.29 is 0 Å². The lowest BCUT2D eigenvalue weighted by Gasteiger charge is -2.16. The van der Waals surface area contributed by atoms with Crippen molar-refractivity contribution in [1.29, 1.82) is 0 Å². The maximum atomic E-state index is 5.36. The zero-order valence-corrected chi connectivity index (χ0v) is 27.7. The van der Waals surface area contributed by atoms with Gasteiger partial charge in [0.15, 0.2) is 11.6 Å². The van der Waals surface area contributed by atoms with Gasteiger partial charge in [0.05, 0.1) is 11.0 Å². The van der Waals surface area contributed by atoms with Crippen LogP contribution in [-0.2, 0) is 6.42 Å². The zero-order chi connectivity index (χ0) is 33.5. The van der Waals surface area contributed by atoms with Crippen molar-refractivity contribution in [1.82, 2.24) is 19.5 Å². The normalized spacial score (nSPS) is 12.9. The average Bonchev–Trinajstić information content (AvgIpc) is 3.72. The van der Waals surface area contributed by atoms with E-state index < -0.39 is 0 Å². The number of hydrogen-bond acceptors (Lipinski definition) is 3. The summed E-state index contributed by atoms with van der Waals surface area (Å²) >= 11 is 0. The van der Waals surface area contributed by atoms with Gasteiger partial charge in [-0.3, -0.25) is 4.57 Å². The summed E-state index contributed by atoms with van der Waals surface area (Å²) in [6, 6.07) is 52.0. The topological polar surface area (TPSA) is 43.6 Å². The Labute approximate surface area is 295 Å². The fraction of sp³-hybridized carbons (Fsp3) is 0.0426. The summed E-state index contributed by atoms with van der Waals surface area (Å²) < 4.78 is 2.26. The molecule has 0 saturated carbocycles. The van der Waals surface area contributed by atoms with Crippen LogP contribution in [0.1, 0.15) is 17.5 Å². The average molecular weight is 651 g/mol. The number of aryl methyl sites for hydroxylation is 1. The summed E-state index contributed by atoms with van der Waals surface area (Å²) in [5.41, 5.74) is 14.1. The van der Waals surface area contributed by atoms with Crippen LogP contribution in [0.15, 0.2) is 152 Å². The van der Waals surface area contributed by atoms with E-state index in [1.807, 2.05) is 18.2 Å². The summed E-state index contributed by atoms with van der Waals surface area (Å²) in [7, 11) is 0. The molecule has 0 bridgehead atoms. The molecule has 2 aliphatic carbocycles. The Balaban J connectivity index is 1.16. The van der Waals surface area contributed by atoms with E-state index in [-0.39, 0.29) is 0 Å². The quantitative estimate of drug-likeness (QED) is 0.190. The SMILES string of the molecule is C1=Cc2c(ccc3c4ccccc4n(-c4nc(-c5ccccc5)nc(-c5ccccc5-c5ccc6c(c5)-c5cccc7cccc-6c57)n4)c23)CC1. The predicted octanol–water partition coefficient (Wildman–Crippen LogP) is 11.7. The first-order chi connectivity index (χ1) is 25.3. The Bertz CT molecular complexity index is 2910. The molecule has 238 valence electrons. The summed E-state index contributed by atoms with van der Waals surface area (Å²) in [6.07, 6.45) is 6.63. The molecule has 11 rings (SSSR count). The Morgan fingerprint density at radius 3 is 2.12 bits per heavy atom. The monoisotopic (exact) mass is 650 g/mol. The first-order valence-corrected chi connectivity index (χ1v) is 17.6. The number of rotatable bonds is 4. The second-order valence-corrected chi connectivity index (χ2v) is 13.5. The Morgan fingerprint density at radius 1 is 0.490 bits per heavy atom. The van der Waals surface area contributed by atoms with Crippen LogP contribution in [-0.4, -0.2) is 19.5 Å². The van der Waals surface area contributed by atoms with Crippen LogP contribution in [0.4, 0.5) is 0 Å². The van der Waals surface area contributed by atoms with Crippen LogP contribution < -0.4 is 0 Å². The molecule has 2 heterocycles. The molecular formula is C47H30N4. The summed E-state index contributed by atoms with van der Waals surface area (Å²) in [5, 5.41) is 5.00. The van der Waals surface area contributed by atoms with Gasteiger partial charge < -0.3 is 0 Å². The van der Waals surface area contributed by atoms with Crippen LogP contribution in [0.5, 0.6) is 0 Å². The number of nitrogens with zero attached hydrogens (tertiary/aromatic N) is 4. The van der Waals surface area contributed by atoms with E-state index in [0.717, 1.165) is 46.1 Å². The van der Waals surface area contributed by atoms with Crippen molar-refractivity contribution >= 4 is 38.7 Å². The molecule has 4 nitrogen and oxygen atoms in total. The zero-order valence-electron chi connectivity index (χ0n) is 27.7. The highest BCUT2D eigenvalue weighted by molar-refractivity contribution is 6.16. The summed E-state index contributed by atoms with van der Waals surface area (Å²) in [4.78, 5) is 15.8. The van der Waals surface area contributed by atoms with E-state index in [0.29, 0.717) is 17.6 Å². The Morgan fingerprint density at radius 2 is 1.24 bits per heavy atom. The van der Waals surface area contributed by atoms with Crippen LogP contribution in [0.25, 0.3) is 101 Å². The van der Waals surface area contributed by atoms with Gasteiger partial charge in [0.1, 0.15) is 0 Å². The minimum Gasteiger partial charge on any atom is -0.277 e. The number of aromatic nitrogens is 4. The van der Waals surface area contributed by atoms with E-state index in [1.165, 1.54) is 54.9 Å². The van der Waals surface area contributed by atoms with Crippen molar-refractivity contribution in [2.24, 2.45) is 0 Å². The molecule has 0 aliphatic heterocycles. The fourth-order valence-electron chi connectivity index (χ4n) is 8.37. The van der Waals surface area contributed by atoms with Crippen molar-refractivity contribution in [3.8, 4) is 62.1 Å². The van der Waals surface area contributed by atoms with E-state index >= 15 is 0 Å². The third kappa shape index (κ3) is 4.23. The Kier molecular flexibility index (Phi) is 6.05. The highest BCUT2D eigenvalue weighted by atomic mass is 15.2. The molecule has 2 aromatic heterocycles. The summed E-state index contributed by atoms with van der Waals surface area (Å²) in [6.45, 7) is 0. The molecule has 0 spiro atoms. The lowest BCUT2D eigenvalue weighted by molar-refractivity contribution is 0.946. The molecule has 0 saturated heterocycles. The molecule has 0 N–H and O–H groups in total. The molecule has 0 amide bonds. The lowest BCUT2D eigenvalue weighted by Crippen LogP contribution is -2.08. The molecule has 0 fully saturated rings. The predicted molar refractivity (Wildman–Crippen MR) is 210 cm³/mol. The van der Waals surface area contributed by atoms with Crippen LogP contribution in [0.3, 0.4) is 0 Å². The lowest BCUT2D eigenvalue weighted by atomic mass is 9.94. The van der Waals surface area contributed by atoms with Gasteiger partial charge in [0.2, 0.25) is 5.95 Å². The fourth-order valence-corrected chi connectivity index (χ4v) is 8.37. The second-order valence-electron chi connectivity index (χ2n) is 13.5. The number of allylic oxidation sites excluding steroid dienone is 1. The standard InChI is InChI=1S/C47H30N4/c1-2-13-31(14-3-1)45-48-46(50-47(49-45)51-42-23-9-8-19-36(42)39-27-24-29-12-4-5-18-34(29)44(39)51)40-20-7-6-17-33(40)32-25-26-35-37-21-10-15-30-16-11-22-38(43(30)37)41(35)28-32/h1-3,5-11,13-28H,4,12H2. The number of fused-ring (bicyclic) bond motifs is 8. The third-order valence-electron chi connectivity index (χ3n) is 10.7. The molecule has 7 aromatic carbocycles. The Hall–Kier alpha value is -6.65. The van der Waals surface area contributed by atoms with Gasteiger partial charge in [-0.2, -0.15) is 9.97 Å². The van der Waals surface area contributed by atoms with E-state index in [9.17, 15) is 0 Å². The number of para-hydroxylation sites is 1. The van der Waals surface area contributed by atoms with Crippen molar-refractivity contribution in [2.45, 2.75) is 12.8 Å². The molecule has 2 aliphatic rings. The van der Waals surface area contributed by atoms with Gasteiger partial charge in [-0.25, -0.2) is 4.98 Å². The van der Waals surface area contributed by atoms with E-state index in [1.54, 1.807) is 0 Å². The van der Waals surface area contributed by atoms with Crippen molar-refractivity contribution in [3.63, 3.8) is 0 Å². The molecule has 0 atom stereocenters. The highest BCUT2D eigenvalue weighted by Gasteiger charge is 2.24. The molecule has 4 heteroatoms. The van der Waals surface area contributed by atoms with Gasteiger partial charge in [-0.05, 0) is 74.7 Å². The smallest absolute Gasteiger partial charge is 0.238 e. The van der Waals surface area contributed by atoms with Gasteiger partial charge in [-0.15, -0.1) is 0 Å². The first-order valence-electron chi connectivity index (χ1n) is 17.6. The summed E-state index contributed by atoms with van der Waals surface area (Å²) in [5.74, 6) is 1.91. The largest absolute Gasteiger partial charge is 0.277 e. The van der Waals surface area contributed by atoms with E-state index in [4.69, 9.17) is 15.0 Å². The van der Waals surface area contributed by atoms with E-state index in [2.05, 4.69) is 144 Å². The molecule has 0 radical (unpaired) electrons. The molecular weight excluding hydrogens is 621 g/mol. The third-order valence-corrected chi connectivity index (χ3v) is 10.7. The number of benzene rings is 7. The van der Waals surface area contributed by atoms with Crippen LogP contribution in [0.2, 0.25) is 0 Å². The van der Waals surface area contributed by atoms with Gasteiger partial charge in [0, 0.05) is 27.5 Å². The van der Waals surface area contributed by atoms with Gasteiger partial charge in [-0.1, -0.05) is 146 Å². The van der Waals surface area contributed by atoms with Crippen molar-refractivity contribution in [3.05, 3.63) is 163 Å². The van der Waals surface area contributed by atoms with Crippen LogP contribution in [0, 0.1) is 0 Å². The number of hydrogen-bond donors (Lipinski definition) is 0. The maximum absolute atomic E-state index is 5.36. The van der Waals surface area contributed by atoms with Gasteiger partial charge in [0.25, 0.3) is 0 Å². The highest BCUT2D eigenvalue weighted by Crippen LogP contribution is 2.49. The first kappa shape index (κ1) is 28.2. The van der Waals surface area contributed by atoms with Crippen LogP contribution >= 0.6 is 0 Å². The molecule has 51 heavy (non-hydrogen) atoms. The maximum Gasteiger partial charge on any atom is 0.238 e.